The third-order valence-electron chi connectivity index (χ3n) is 1.83. The minimum atomic E-state index is -0.0757. The lowest BCUT2D eigenvalue weighted by atomic mass is 10.1. The largest absolute Gasteiger partial charge is 0.379 e. The van der Waals surface area contributed by atoms with Crippen LogP contribution in [0.1, 0.15) is 19.4 Å². The van der Waals surface area contributed by atoms with Crippen molar-refractivity contribution in [2.45, 2.75) is 26.3 Å². The summed E-state index contributed by atoms with van der Waals surface area (Å²) in [6.45, 7) is 6.17. The topological polar surface area (TPSA) is 24.9 Å². The molecular weight excluding hydrogens is 184 g/mol. The molecule has 0 bridgehead atoms. The first-order chi connectivity index (χ1) is 6.05. The number of pyridine rings is 1. The lowest BCUT2D eigenvalue weighted by Crippen LogP contribution is -2.33. The molecule has 72 valence electrons. The highest BCUT2D eigenvalue weighted by atomic mass is 35.5. The number of rotatable bonds is 3. The maximum absolute atomic E-state index is 5.82. The number of nitrogens with one attached hydrogen (secondary N) is 1. The fourth-order valence-corrected chi connectivity index (χ4v) is 1.08. The lowest BCUT2D eigenvalue weighted by Gasteiger charge is -2.25. The molecule has 3 heteroatoms. The Bertz CT molecular complexity index is 284. The van der Waals surface area contributed by atoms with Crippen LogP contribution in [-0.4, -0.2) is 16.4 Å². The molecule has 0 saturated carbocycles. The van der Waals surface area contributed by atoms with E-state index in [1.54, 1.807) is 6.20 Å². The number of anilines is 1. The second-order valence-corrected chi connectivity index (χ2v) is 4.10. The molecule has 1 heterocycles. The van der Waals surface area contributed by atoms with Crippen LogP contribution in [0.4, 0.5) is 5.69 Å². The molecule has 0 saturated heterocycles. The third kappa shape index (κ3) is 2.88. The van der Waals surface area contributed by atoms with E-state index in [1.165, 1.54) is 0 Å². The monoisotopic (exact) mass is 198 g/mol. The van der Waals surface area contributed by atoms with E-state index in [1.807, 2.05) is 19.2 Å². The van der Waals surface area contributed by atoms with Gasteiger partial charge in [0.25, 0.3) is 0 Å². The Balaban J connectivity index is 2.80. The molecule has 1 N–H and O–H groups in total. The summed E-state index contributed by atoms with van der Waals surface area (Å²) in [5, 5.41) is 3.36. The van der Waals surface area contributed by atoms with Gasteiger partial charge in [0.1, 0.15) is 0 Å². The second-order valence-electron chi connectivity index (χ2n) is 3.83. The van der Waals surface area contributed by atoms with Gasteiger partial charge in [0.15, 0.2) is 0 Å². The Hall–Kier alpha value is -0.760. The SMILES string of the molecule is Cc1cnccc1NC(C)(C)CCl. The van der Waals surface area contributed by atoms with Crippen molar-refractivity contribution in [3.8, 4) is 0 Å². The molecule has 0 fully saturated rings. The van der Waals surface area contributed by atoms with Crippen LogP contribution in [-0.2, 0) is 0 Å². The zero-order valence-corrected chi connectivity index (χ0v) is 9.02. The van der Waals surface area contributed by atoms with E-state index in [-0.39, 0.29) is 5.54 Å². The highest BCUT2D eigenvalue weighted by Gasteiger charge is 2.15. The Morgan fingerprint density at radius 1 is 1.54 bits per heavy atom. The van der Waals surface area contributed by atoms with Crippen molar-refractivity contribution >= 4 is 17.3 Å². The predicted molar refractivity (Wildman–Crippen MR) is 57.4 cm³/mol. The third-order valence-corrected chi connectivity index (χ3v) is 2.50. The molecule has 0 amide bonds. The molecule has 0 spiro atoms. The quantitative estimate of drug-likeness (QED) is 0.756. The number of aromatic nitrogens is 1. The highest BCUT2D eigenvalue weighted by Crippen LogP contribution is 2.18. The van der Waals surface area contributed by atoms with Gasteiger partial charge in [0.2, 0.25) is 0 Å². The van der Waals surface area contributed by atoms with E-state index < -0.39 is 0 Å². The normalized spacial score (nSPS) is 11.4. The minimum absolute atomic E-state index is 0.0757. The molecule has 0 atom stereocenters. The standard InChI is InChI=1S/C10H15ClN2/c1-8-6-12-5-4-9(8)13-10(2,3)7-11/h4-6H,7H2,1-3H3,(H,12,13). The molecule has 0 radical (unpaired) electrons. The molecule has 0 aliphatic heterocycles. The smallest absolute Gasteiger partial charge is 0.0452 e. The lowest BCUT2D eigenvalue weighted by molar-refractivity contribution is 0.640. The van der Waals surface area contributed by atoms with E-state index in [9.17, 15) is 0 Å². The van der Waals surface area contributed by atoms with Crippen LogP contribution in [0.15, 0.2) is 18.5 Å². The van der Waals surface area contributed by atoms with Crippen LogP contribution in [0.5, 0.6) is 0 Å². The van der Waals surface area contributed by atoms with Gasteiger partial charge in [-0.05, 0) is 32.4 Å². The van der Waals surface area contributed by atoms with Gasteiger partial charge in [-0.3, -0.25) is 4.98 Å². The van der Waals surface area contributed by atoms with Crippen LogP contribution < -0.4 is 5.32 Å². The van der Waals surface area contributed by atoms with E-state index in [4.69, 9.17) is 11.6 Å². The minimum Gasteiger partial charge on any atom is -0.379 e. The van der Waals surface area contributed by atoms with Gasteiger partial charge < -0.3 is 5.32 Å². The van der Waals surface area contributed by atoms with Crippen LogP contribution in [0.3, 0.4) is 0 Å². The zero-order valence-electron chi connectivity index (χ0n) is 8.26. The van der Waals surface area contributed by atoms with Gasteiger partial charge in [-0.1, -0.05) is 0 Å². The number of nitrogens with zero attached hydrogens (tertiary/aromatic N) is 1. The van der Waals surface area contributed by atoms with E-state index in [0.717, 1.165) is 11.3 Å². The molecule has 0 unspecified atom stereocenters. The second kappa shape index (κ2) is 3.97. The van der Waals surface area contributed by atoms with Gasteiger partial charge in [0.05, 0.1) is 0 Å². The van der Waals surface area contributed by atoms with Crippen LogP contribution in [0, 0.1) is 6.92 Å². The molecule has 1 aromatic heterocycles. The molecule has 0 aromatic carbocycles. The summed E-state index contributed by atoms with van der Waals surface area (Å²) < 4.78 is 0. The molecule has 0 aliphatic carbocycles. The highest BCUT2D eigenvalue weighted by molar-refractivity contribution is 6.18. The van der Waals surface area contributed by atoms with Crippen molar-refractivity contribution in [2.24, 2.45) is 0 Å². The van der Waals surface area contributed by atoms with Crippen molar-refractivity contribution in [2.75, 3.05) is 11.2 Å². The van der Waals surface area contributed by atoms with Crippen LogP contribution in [0.2, 0.25) is 0 Å². The van der Waals surface area contributed by atoms with Crippen LogP contribution >= 0.6 is 11.6 Å². The predicted octanol–water partition coefficient (Wildman–Crippen LogP) is 2.82. The van der Waals surface area contributed by atoms with Crippen molar-refractivity contribution < 1.29 is 0 Å². The Morgan fingerprint density at radius 3 is 2.77 bits per heavy atom. The van der Waals surface area contributed by atoms with Crippen molar-refractivity contribution in [3.63, 3.8) is 0 Å². The average Bonchev–Trinajstić information content (AvgIpc) is 2.09. The maximum atomic E-state index is 5.82. The number of alkyl halides is 1. The first-order valence-electron chi connectivity index (χ1n) is 4.30. The Kier molecular flexibility index (Phi) is 3.15. The number of hydrogen-bond acceptors (Lipinski definition) is 2. The van der Waals surface area contributed by atoms with Gasteiger partial charge in [-0.15, -0.1) is 11.6 Å². The molecule has 1 rings (SSSR count). The van der Waals surface area contributed by atoms with Crippen molar-refractivity contribution in [1.82, 2.24) is 4.98 Å². The maximum Gasteiger partial charge on any atom is 0.0452 e. The summed E-state index contributed by atoms with van der Waals surface area (Å²) in [5.41, 5.74) is 2.16. The summed E-state index contributed by atoms with van der Waals surface area (Å²) in [4.78, 5) is 4.03. The van der Waals surface area contributed by atoms with Gasteiger partial charge >= 0.3 is 0 Å². The Morgan fingerprint density at radius 2 is 2.23 bits per heavy atom. The summed E-state index contributed by atoms with van der Waals surface area (Å²) in [6, 6.07) is 1.96. The molecule has 2 nitrogen and oxygen atoms in total. The summed E-state index contributed by atoms with van der Waals surface area (Å²) >= 11 is 5.82. The zero-order chi connectivity index (χ0) is 9.90. The molecule has 1 aromatic rings. The van der Waals surface area contributed by atoms with Gasteiger partial charge in [-0.25, -0.2) is 0 Å². The average molecular weight is 199 g/mol. The summed E-state index contributed by atoms with van der Waals surface area (Å²) in [6.07, 6.45) is 3.62. The molecular formula is C10H15ClN2. The van der Waals surface area contributed by atoms with E-state index >= 15 is 0 Å². The fraction of sp³-hybridized carbons (Fsp3) is 0.500. The van der Waals surface area contributed by atoms with E-state index in [0.29, 0.717) is 5.88 Å². The molecule has 0 aliphatic rings. The van der Waals surface area contributed by atoms with E-state index in [2.05, 4.69) is 24.1 Å². The summed E-state index contributed by atoms with van der Waals surface area (Å²) in [7, 11) is 0. The number of hydrogen-bond donors (Lipinski definition) is 1. The number of halogens is 1. The van der Waals surface area contributed by atoms with Crippen molar-refractivity contribution in [3.05, 3.63) is 24.0 Å². The Labute approximate surface area is 84.3 Å². The molecule has 13 heavy (non-hydrogen) atoms. The summed E-state index contributed by atoms with van der Waals surface area (Å²) in [5.74, 6) is 0.578. The first kappa shape index (κ1) is 10.3. The van der Waals surface area contributed by atoms with Gasteiger partial charge in [0, 0.05) is 29.5 Å². The van der Waals surface area contributed by atoms with Crippen LogP contribution in [0.25, 0.3) is 0 Å². The van der Waals surface area contributed by atoms with Gasteiger partial charge in [-0.2, -0.15) is 0 Å². The van der Waals surface area contributed by atoms with Crippen molar-refractivity contribution in [1.29, 1.82) is 0 Å². The first-order valence-corrected chi connectivity index (χ1v) is 4.83. The number of aryl methyl sites for hydroxylation is 1. The fourth-order valence-electron chi connectivity index (χ4n) is 1.01.